The maximum atomic E-state index is 5.77. The lowest BCUT2D eigenvalue weighted by molar-refractivity contribution is 0.224. The molecule has 0 aromatic carbocycles. The topological polar surface area (TPSA) is 55.9 Å². The van der Waals surface area contributed by atoms with E-state index in [0.29, 0.717) is 5.92 Å². The Balaban J connectivity index is 2.18. The Morgan fingerprint density at radius 3 is 2.82 bits per heavy atom. The first-order valence-corrected chi connectivity index (χ1v) is 6.58. The van der Waals surface area contributed by atoms with Gasteiger partial charge >= 0.3 is 0 Å². The predicted octanol–water partition coefficient (Wildman–Crippen LogP) is 2.06. The summed E-state index contributed by atoms with van der Waals surface area (Å²) in [6.45, 7) is 4.40. The van der Waals surface area contributed by atoms with Gasteiger partial charge < -0.3 is 0 Å². The van der Waals surface area contributed by atoms with Crippen LogP contribution in [0.5, 0.6) is 0 Å². The maximum Gasteiger partial charge on any atom is 0.0642 e. The van der Waals surface area contributed by atoms with Crippen LogP contribution >= 0.6 is 0 Å². The Morgan fingerprint density at radius 1 is 1.53 bits per heavy atom. The van der Waals surface area contributed by atoms with Gasteiger partial charge in [0.05, 0.1) is 11.7 Å². The van der Waals surface area contributed by atoms with E-state index >= 15 is 0 Å². The first-order chi connectivity index (χ1) is 8.11. The number of nitrogens with zero attached hydrogens (tertiary/aromatic N) is 2. The zero-order chi connectivity index (χ0) is 12.4. The molecule has 1 aromatic rings. The normalized spacial score (nSPS) is 27.1. The zero-order valence-electron chi connectivity index (χ0n) is 11.1. The minimum absolute atomic E-state index is 0.256. The van der Waals surface area contributed by atoms with Crippen LogP contribution in [0.2, 0.25) is 0 Å². The van der Waals surface area contributed by atoms with Crippen LogP contribution in [0, 0.1) is 18.8 Å². The highest BCUT2D eigenvalue weighted by atomic mass is 15.3. The summed E-state index contributed by atoms with van der Waals surface area (Å²) < 4.78 is 1.88. The van der Waals surface area contributed by atoms with Crippen LogP contribution in [0.3, 0.4) is 0 Å². The number of aryl methyl sites for hydroxylation is 2. The lowest BCUT2D eigenvalue weighted by Gasteiger charge is -2.32. The zero-order valence-corrected chi connectivity index (χ0v) is 11.1. The van der Waals surface area contributed by atoms with Crippen molar-refractivity contribution in [2.75, 3.05) is 0 Å². The first-order valence-electron chi connectivity index (χ1n) is 6.58. The van der Waals surface area contributed by atoms with Crippen molar-refractivity contribution in [2.45, 2.75) is 45.6 Å². The summed E-state index contributed by atoms with van der Waals surface area (Å²) >= 11 is 0. The van der Waals surface area contributed by atoms with E-state index < -0.39 is 0 Å². The summed E-state index contributed by atoms with van der Waals surface area (Å²) in [6.07, 6.45) is 7.32. The Labute approximate surface area is 104 Å². The van der Waals surface area contributed by atoms with Gasteiger partial charge in [-0.2, -0.15) is 5.10 Å². The molecule has 1 heterocycles. The Bertz CT molecular complexity index is 371. The highest BCUT2D eigenvalue weighted by molar-refractivity contribution is 5.21. The van der Waals surface area contributed by atoms with Crippen LogP contribution in [0.15, 0.2) is 6.20 Å². The summed E-state index contributed by atoms with van der Waals surface area (Å²) in [4.78, 5) is 0. The third-order valence-corrected chi connectivity index (χ3v) is 4.01. The molecule has 1 aromatic heterocycles. The Hall–Kier alpha value is -0.870. The summed E-state index contributed by atoms with van der Waals surface area (Å²) in [7, 11) is 1.97. The molecule has 0 aliphatic heterocycles. The van der Waals surface area contributed by atoms with E-state index in [1.807, 2.05) is 11.7 Å². The number of nitrogens with two attached hydrogens (primary N) is 1. The molecule has 1 fully saturated rings. The van der Waals surface area contributed by atoms with Crippen molar-refractivity contribution in [1.82, 2.24) is 15.2 Å². The van der Waals surface area contributed by atoms with Gasteiger partial charge in [0.15, 0.2) is 0 Å². The van der Waals surface area contributed by atoms with Gasteiger partial charge in [0, 0.05) is 18.8 Å². The molecule has 0 spiro atoms. The smallest absolute Gasteiger partial charge is 0.0642 e. The molecule has 17 heavy (non-hydrogen) atoms. The number of hydrogen-bond donors (Lipinski definition) is 2. The van der Waals surface area contributed by atoms with Crippen molar-refractivity contribution < 1.29 is 0 Å². The molecular weight excluding hydrogens is 212 g/mol. The van der Waals surface area contributed by atoms with Crippen molar-refractivity contribution in [3.8, 4) is 0 Å². The fraction of sp³-hybridized carbons (Fsp3) is 0.769. The number of rotatable bonds is 3. The predicted molar refractivity (Wildman–Crippen MR) is 69.1 cm³/mol. The monoisotopic (exact) mass is 236 g/mol. The van der Waals surface area contributed by atoms with Gasteiger partial charge in [0.1, 0.15) is 0 Å². The van der Waals surface area contributed by atoms with Crippen LogP contribution in [0.25, 0.3) is 0 Å². The molecular formula is C13H24N4. The van der Waals surface area contributed by atoms with Crippen molar-refractivity contribution in [3.63, 3.8) is 0 Å². The van der Waals surface area contributed by atoms with Gasteiger partial charge in [0.25, 0.3) is 0 Å². The van der Waals surface area contributed by atoms with Gasteiger partial charge in [-0.25, -0.2) is 0 Å². The van der Waals surface area contributed by atoms with E-state index in [-0.39, 0.29) is 6.04 Å². The minimum Gasteiger partial charge on any atom is -0.275 e. The second-order valence-electron chi connectivity index (χ2n) is 5.52. The third-order valence-electron chi connectivity index (χ3n) is 4.01. The molecule has 2 rings (SSSR count). The summed E-state index contributed by atoms with van der Waals surface area (Å²) in [5.41, 5.74) is 5.36. The molecule has 96 valence electrons. The molecule has 4 nitrogen and oxygen atoms in total. The van der Waals surface area contributed by atoms with Crippen molar-refractivity contribution in [2.24, 2.45) is 24.7 Å². The number of aromatic nitrogens is 2. The molecule has 1 aliphatic rings. The van der Waals surface area contributed by atoms with E-state index in [9.17, 15) is 0 Å². The SMILES string of the molecule is Cc1nn(C)cc1C(NN)C1CCCC(C)C1. The lowest BCUT2D eigenvalue weighted by Crippen LogP contribution is -2.35. The number of nitrogens with one attached hydrogen (secondary N) is 1. The molecule has 3 N–H and O–H groups in total. The molecule has 0 bridgehead atoms. The van der Waals surface area contributed by atoms with Crippen LogP contribution in [0.1, 0.15) is 49.9 Å². The molecule has 0 saturated heterocycles. The maximum absolute atomic E-state index is 5.77. The Morgan fingerprint density at radius 2 is 2.29 bits per heavy atom. The fourth-order valence-electron chi connectivity index (χ4n) is 3.19. The molecule has 0 amide bonds. The Kier molecular flexibility index (Phi) is 3.84. The molecule has 3 unspecified atom stereocenters. The van der Waals surface area contributed by atoms with Gasteiger partial charge in [-0.05, 0) is 31.6 Å². The van der Waals surface area contributed by atoms with E-state index in [1.54, 1.807) is 0 Å². The van der Waals surface area contributed by atoms with Gasteiger partial charge in [-0.1, -0.05) is 19.8 Å². The van der Waals surface area contributed by atoms with Crippen molar-refractivity contribution in [1.29, 1.82) is 0 Å². The van der Waals surface area contributed by atoms with Gasteiger partial charge in [-0.3, -0.25) is 16.0 Å². The summed E-state index contributed by atoms with van der Waals surface area (Å²) in [6, 6.07) is 0.256. The van der Waals surface area contributed by atoms with Crippen molar-refractivity contribution in [3.05, 3.63) is 17.5 Å². The number of hydrazine groups is 1. The molecule has 3 atom stereocenters. The largest absolute Gasteiger partial charge is 0.275 e. The lowest BCUT2D eigenvalue weighted by atomic mass is 9.77. The standard InChI is InChI=1S/C13H24N4/c1-9-5-4-6-11(7-9)13(15-14)12-8-17(3)16-10(12)2/h8-9,11,13,15H,4-7,14H2,1-3H3. The van der Waals surface area contributed by atoms with Crippen LogP contribution < -0.4 is 11.3 Å². The van der Waals surface area contributed by atoms with Gasteiger partial charge in [0.2, 0.25) is 0 Å². The summed E-state index contributed by atoms with van der Waals surface area (Å²) in [5.74, 6) is 7.24. The van der Waals surface area contributed by atoms with Crippen LogP contribution in [-0.2, 0) is 7.05 Å². The molecule has 0 radical (unpaired) electrons. The highest BCUT2D eigenvalue weighted by Gasteiger charge is 2.28. The quantitative estimate of drug-likeness (QED) is 0.624. The molecule has 1 aliphatic carbocycles. The van der Waals surface area contributed by atoms with Gasteiger partial charge in [-0.15, -0.1) is 0 Å². The van der Waals surface area contributed by atoms with Crippen LogP contribution in [-0.4, -0.2) is 9.78 Å². The second kappa shape index (κ2) is 5.19. The van der Waals surface area contributed by atoms with E-state index in [0.717, 1.165) is 11.6 Å². The average Bonchev–Trinajstić information content (AvgIpc) is 2.59. The number of hydrogen-bond acceptors (Lipinski definition) is 3. The van der Waals surface area contributed by atoms with Crippen molar-refractivity contribution >= 4 is 0 Å². The molecule has 4 heteroatoms. The molecule has 1 saturated carbocycles. The summed E-state index contributed by atoms with van der Waals surface area (Å²) in [5, 5.41) is 4.41. The first kappa shape index (κ1) is 12.6. The van der Waals surface area contributed by atoms with E-state index in [2.05, 4.69) is 30.6 Å². The average molecular weight is 236 g/mol. The third kappa shape index (κ3) is 2.69. The van der Waals surface area contributed by atoms with E-state index in [1.165, 1.54) is 31.2 Å². The minimum atomic E-state index is 0.256. The van der Waals surface area contributed by atoms with E-state index in [4.69, 9.17) is 5.84 Å². The second-order valence-corrected chi connectivity index (χ2v) is 5.52. The van der Waals surface area contributed by atoms with Crippen LogP contribution in [0.4, 0.5) is 0 Å². The highest BCUT2D eigenvalue weighted by Crippen LogP contribution is 2.37. The fourth-order valence-corrected chi connectivity index (χ4v) is 3.19.